The molecule has 1 aliphatic heterocycles. The van der Waals surface area contributed by atoms with Gasteiger partial charge in [-0.05, 0) is 36.7 Å². The molecule has 11 nitrogen and oxygen atoms in total. The average Bonchev–Trinajstić information content (AvgIpc) is 3.51. The third-order valence-electron chi connectivity index (χ3n) is 5.57. The average molecular weight is 474 g/mol. The van der Waals surface area contributed by atoms with Gasteiger partial charge in [0, 0.05) is 31.7 Å². The van der Waals surface area contributed by atoms with Crippen LogP contribution in [-0.4, -0.2) is 76.5 Å². The molecule has 4 rings (SSSR count). The standard InChI is InChI=1S/C21H27N7O4S/c22-20(29)18-9-10-19(32-18)33(30,31)27-15-13-26(14-16-27)11-5-2-6-12-28-24-21(23-25-28)17-7-3-1-4-8-17/h1,3-4,7-10H,2,5-6,11-16H2,(H2,22,29). The van der Waals surface area contributed by atoms with Crippen LogP contribution in [0.3, 0.4) is 0 Å². The molecule has 1 fully saturated rings. The number of hydrogen-bond donors (Lipinski definition) is 1. The van der Waals surface area contributed by atoms with E-state index in [1.165, 1.54) is 16.4 Å². The second kappa shape index (κ2) is 10.2. The van der Waals surface area contributed by atoms with E-state index in [2.05, 4.69) is 20.3 Å². The molecule has 0 radical (unpaired) electrons. The van der Waals surface area contributed by atoms with Gasteiger partial charge in [-0.3, -0.25) is 4.79 Å². The normalized spacial score (nSPS) is 15.6. The first-order valence-corrected chi connectivity index (χ1v) is 12.3. The minimum absolute atomic E-state index is 0.162. The first-order chi connectivity index (χ1) is 15.9. The van der Waals surface area contributed by atoms with E-state index >= 15 is 0 Å². The zero-order chi connectivity index (χ0) is 23.3. The van der Waals surface area contributed by atoms with Crippen molar-refractivity contribution < 1.29 is 17.6 Å². The lowest BCUT2D eigenvalue weighted by Crippen LogP contribution is -2.48. The Balaban J connectivity index is 1.16. The number of sulfonamides is 1. The summed E-state index contributed by atoms with van der Waals surface area (Å²) in [5.74, 6) is -0.328. The van der Waals surface area contributed by atoms with E-state index < -0.39 is 15.9 Å². The Morgan fingerprint density at radius 1 is 0.970 bits per heavy atom. The third-order valence-corrected chi connectivity index (χ3v) is 7.34. The summed E-state index contributed by atoms with van der Waals surface area (Å²) < 4.78 is 31.9. The smallest absolute Gasteiger partial charge is 0.284 e. The molecule has 0 unspecified atom stereocenters. The highest BCUT2D eigenvalue weighted by molar-refractivity contribution is 7.89. The van der Waals surface area contributed by atoms with Crippen LogP contribution in [0, 0.1) is 0 Å². The van der Waals surface area contributed by atoms with E-state index in [0.717, 1.165) is 31.4 Å². The van der Waals surface area contributed by atoms with Crippen LogP contribution in [0.5, 0.6) is 0 Å². The summed E-state index contributed by atoms with van der Waals surface area (Å²) in [6, 6.07) is 12.3. The zero-order valence-corrected chi connectivity index (χ0v) is 19.0. The van der Waals surface area contributed by atoms with Gasteiger partial charge in [-0.2, -0.15) is 9.10 Å². The quantitative estimate of drug-likeness (QED) is 0.433. The van der Waals surface area contributed by atoms with Crippen LogP contribution in [0.4, 0.5) is 0 Å². The van der Waals surface area contributed by atoms with Crippen LogP contribution < -0.4 is 5.73 Å². The molecule has 12 heteroatoms. The largest absolute Gasteiger partial charge is 0.438 e. The molecule has 3 aromatic rings. The highest BCUT2D eigenvalue weighted by atomic mass is 32.2. The maximum absolute atomic E-state index is 12.7. The van der Waals surface area contributed by atoms with Gasteiger partial charge in [0.05, 0.1) is 6.54 Å². The van der Waals surface area contributed by atoms with Gasteiger partial charge in [0.2, 0.25) is 10.9 Å². The molecule has 3 heterocycles. The molecule has 0 aliphatic carbocycles. The van der Waals surface area contributed by atoms with E-state index in [1.54, 1.807) is 4.80 Å². The predicted octanol–water partition coefficient (Wildman–Crippen LogP) is 1.21. The monoisotopic (exact) mass is 473 g/mol. The van der Waals surface area contributed by atoms with Gasteiger partial charge < -0.3 is 15.1 Å². The molecule has 0 saturated carbocycles. The number of furan rings is 1. The maximum Gasteiger partial charge on any atom is 0.284 e. The summed E-state index contributed by atoms with van der Waals surface area (Å²) in [5, 5.41) is 12.4. The second-order valence-corrected chi connectivity index (χ2v) is 9.73. The number of hydrogen-bond acceptors (Lipinski definition) is 8. The first kappa shape index (κ1) is 23.1. The second-order valence-electron chi connectivity index (χ2n) is 7.86. The molecule has 0 atom stereocenters. The highest BCUT2D eigenvalue weighted by Gasteiger charge is 2.31. The van der Waals surface area contributed by atoms with Gasteiger partial charge in [-0.1, -0.05) is 36.8 Å². The Morgan fingerprint density at radius 2 is 1.70 bits per heavy atom. The maximum atomic E-state index is 12.7. The molecule has 1 amide bonds. The van der Waals surface area contributed by atoms with E-state index in [-0.39, 0.29) is 10.9 Å². The number of unbranched alkanes of at least 4 members (excludes halogenated alkanes) is 2. The number of piperazine rings is 1. The number of carbonyl (C=O) groups is 1. The molecule has 33 heavy (non-hydrogen) atoms. The Bertz CT molecular complexity index is 1170. The van der Waals surface area contributed by atoms with Gasteiger partial charge in [0.1, 0.15) is 0 Å². The summed E-state index contributed by atoms with van der Waals surface area (Å²) in [7, 11) is -3.77. The summed E-state index contributed by atoms with van der Waals surface area (Å²) in [6.45, 7) is 3.66. The predicted molar refractivity (Wildman–Crippen MR) is 120 cm³/mol. The van der Waals surface area contributed by atoms with Crippen LogP contribution in [0.25, 0.3) is 11.4 Å². The lowest BCUT2D eigenvalue weighted by atomic mass is 10.2. The van der Waals surface area contributed by atoms with Gasteiger partial charge in [0.25, 0.3) is 15.9 Å². The summed E-state index contributed by atoms with van der Waals surface area (Å²) in [4.78, 5) is 15.0. The number of aromatic nitrogens is 4. The van der Waals surface area contributed by atoms with Crippen LogP contribution in [0.2, 0.25) is 0 Å². The first-order valence-electron chi connectivity index (χ1n) is 10.9. The van der Waals surface area contributed by atoms with Crippen molar-refractivity contribution in [3.8, 4) is 11.4 Å². The fourth-order valence-electron chi connectivity index (χ4n) is 3.72. The number of nitrogens with two attached hydrogens (primary N) is 1. The van der Waals surface area contributed by atoms with Crippen molar-refractivity contribution in [1.29, 1.82) is 0 Å². The summed E-state index contributed by atoms with van der Waals surface area (Å²) in [6.07, 6.45) is 2.97. The van der Waals surface area contributed by atoms with Gasteiger partial charge in [-0.15, -0.1) is 10.2 Å². The van der Waals surface area contributed by atoms with Crippen molar-refractivity contribution in [2.75, 3.05) is 32.7 Å². The third kappa shape index (κ3) is 5.64. The van der Waals surface area contributed by atoms with Crippen molar-refractivity contribution in [3.63, 3.8) is 0 Å². The van der Waals surface area contributed by atoms with Crippen LogP contribution in [0.15, 0.2) is 52.0 Å². The number of aryl methyl sites for hydroxylation is 1. The van der Waals surface area contributed by atoms with Crippen LogP contribution >= 0.6 is 0 Å². The number of carbonyl (C=O) groups excluding carboxylic acids is 1. The highest BCUT2D eigenvalue weighted by Crippen LogP contribution is 2.20. The molecule has 1 aliphatic rings. The van der Waals surface area contributed by atoms with Crippen molar-refractivity contribution in [2.24, 2.45) is 5.73 Å². The van der Waals surface area contributed by atoms with Gasteiger partial charge in [-0.25, -0.2) is 8.42 Å². The molecular weight excluding hydrogens is 446 g/mol. The fraction of sp³-hybridized carbons (Fsp3) is 0.429. The van der Waals surface area contributed by atoms with E-state index in [4.69, 9.17) is 10.2 Å². The van der Waals surface area contributed by atoms with Crippen molar-refractivity contribution in [2.45, 2.75) is 30.9 Å². The van der Waals surface area contributed by atoms with Crippen molar-refractivity contribution >= 4 is 15.9 Å². The molecule has 176 valence electrons. The molecule has 2 N–H and O–H groups in total. The van der Waals surface area contributed by atoms with Crippen molar-refractivity contribution in [1.82, 2.24) is 29.4 Å². The Kier molecular flexibility index (Phi) is 7.16. The van der Waals surface area contributed by atoms with E-state index in [1.807, 2.05) is 30.3 Å². The topological polar surface area (TPSA) is 140 Å². The number of amides is 1. The molecule has 2 aromatic heterocycles. The Morgan fingerprint density at radius 3 is 2.39 bits per heavy atom. The number of tetrazole rings is 1. The molecule has 0 spiro atoms. The van der Waals surface area contributed by atoms with Crippen LogP contribution in [-0.2, 0) is 16.6 Å². The lowest BCUT2D eigenvalue weighted by Gasteiger charge is -2.33. The number of nitrogens with zero attached hydrogens (tertiary/aromatic N) is 6. The molecule has 1 saturated heterocycles. The number of rotatable bonds is 10. The zero-order valence-electron chi connectivity index (χ0n) is 18.2. The minimum atomic E-state index is -3.77. The number of primary amides is 1. The van der Waals surface area contributed by atoms with E-state index in [9.17, 15) is 13.2 Å². The summed E-state index contributed by atoms with van der Waals surface area (Å²) >= 11 is 0. The Hall–Kier alpha value is -3.09. The van der Waals surface area contributed by atoms with Crippen molar-refractivity contribution in [3.05, 3.63) is 48.2 Å². The van der Waals surface area contributed by atoms with Crippen LogP contribution in [0.1, 0.15) is 29.8 Å². The Labute approximate surface area is 192 Å². The van der Waals surface area contributed by atoms with Gasteiger partial charge in [0.15, 0.2) is 5.76 Å². The van der Waals surface area contributed by atoms with Gasteiger partial charge >= 0.3 is 0 Å². The molecule has 0 bridgehead atoms. The minimum Gasteiger partial charge on any atom is -0.438 e. The van der Waals surface area contributed by atoms with E-state index in [0.29, 0.717) is 38.5 Å². The summed E-state index contributed by atoms with van der Waals surface area (Å²) in [5.41, 5.74) is 6.08. The lowest BCUT2D eigenvalue weighted by molar-refractivity contribution is 0.0968. The molecule has 1 aromatic carbocycles. The SMILES string of the molecule is NC(=O)c1ccc(S(=O)(=O)N2CCN(CCCCCn3nnc(-c4ccccc4)n3)CC2)o1. The number of benzene rings is 1. The molecular formula is C21H27N7O4S. The fourth-order valence-corrected chi connectivity index (χ4v) is 5.05.